The van der Waals surface area contributed by atoms with E-state index >= 15 is 0 Å². The smallest absolute Gasteiger partial charge is 0.331 e. The van der Waals surface area contributed by atoms with Gasteiger partial charge in [-0.15, -0.1) is 0 Å². The normalized spacial score (nSPS) is 21.0. The van der Waals surface area contributed by atoms with E-state index in [4.69, 9.17) is 0 Å². The molecule has 3 heterocycles. The molecule has 138 valence electrons. The third-order valence-corrected chi connectivity index (χ3v) is 5.54. The van der Waals surface area contributed by atoms with Crippen LogP contribution in [-0.4, -0.2) is 69.3 Å². The highest BCUT2D eigenvalue weighted by molar-refractivity contribution is 5.80. The van der Waals surface area contributed by atoms with Crippen LogP contribution in [0.15, 0.2) is 12.3 Å². The summed E-state index contributed by atoms with van der Waals surface area (Å²) in [5, 5.41) is 14.4. The second-order valence-corrected chi connectivity index (χ2v) is 7.54. The lowest BCUT2D eigenvalue weighted by Gasteiger charge is -2.39. The van der Waals surface area contributed by atoms with Gasteiger partial charge in [-0.05, 0) is 37.9 Å². The molecule has 0 unspecified atom stereocenters. The zero-order valence-corrected chi connectivity index (χ0v) is 15.1. The minimum Gasteiger partial charge on any atom is -0.479 e. The summed E-state index contributed by atoms with van der Waals surface area (Å²) in [6.45, 7) is 7.46. The summed E-state index contributed by atoms with van der Waals surface area (Å²) < 4.78 is 1.60. The van der Waals surface area contributed by atoms with Crippen LogP contribution in [-0.2, 0) is 15.1 Å². The molecule has 0 spiro atoms. The Balaban J connectivity index is 1.67. The van der Waals surface area contributed by atoms with E-state index in [0.29, 0.717) is 32.5 Å². The van der Waals surface area contributed by atoms with Crippen molar-refractivity contribution < 1.29 is 14.7 Å². The molecule has 0 aliphatic carbocycles. The molecule has 2 fully saturated rings. The number of aromatic nitrogens is 2. The number of hydrogen-bond acceptors (Lipinski definition) is 4. The zero-order valence-electron chi connectivity index (χ0n) is 15.1. The summed E-state index contributed by atoms with van der Waals surface area (Å²) in [5.74, 6) is -0.490. The first-order chi connectivity index (χ1) is 11.9. The van der Waals surface area contributed by atoms with Crippen LogP contribution in [0.25, 0.3) is 0 Å². The van der Waals surface area contributed by atoms with E-state index in [2.05, 4.69) is 10.00 Å². The number of piperidine rings is 1. The van der Waals surface area contributed by atoms with Gasteiger partial charge in [0.25, 0.3) is 0 Å². The molecule has 1 aromatic heterocycles. The summed E-state index contributed by atoms with van der Waals surface area (Å²) in [6, 6.07) is 1.89. The van der Waals surface area contributed by atoms with Crippen LogP contribution in [0, 0.1) is 0 Å². The topological polar surface area (TPSA) is 78.7 Å². The first kappa shape index (κ1) is 17.9. The van der Waals surface area contributed by atoms with Gasteiger partial charge in [-0.25, -0.2) is 4.79 Å². The van der Waals surface area contributed by atoms with Gasteiger partial charge in [0.15, 0.2) is 5.54 Å². The van der Waals surface area contributed by atoms with Crippen LogP contribution in [0.2, 0.25) is 0 Å². The molecule has 1 aromatic rings. The molecule has 0 radical (unpaired) electrons. The van der Waals surface area contributed by atoms with E-state index in [0.717, 1.165) is 31.6 Å². The maximum atomic E-state index is 12.5. The van der Waals surface area contributed by atoms with Crippen molar-refractivity contribution in [2.75, 3.05) is 32.7 Å². The van der Waals surface area contributed by atoms with E-state index in [1.165, 1.54) is 0 Å². The Morgan fingerprint density at radius 3 is 2.36 bits per heavy atom. The van der Waals surface area contributed by atoms with Crippen molar-refractivity contribution in [3.8, 4) is 0 Å². The highest BCUT2D eigenvalue weighted by atomic mass is 16.4. The average Bonchev–Trinajstić information content (AvgIpc) is 3.26. The predicted molar refractivity (Wildman–Crippen MR) is 93.4 cm³/mol. The second-order valence-electron chi connectivity index (χ2n) is 7.54. The van der Waals surface area contributed by atoms with E-state index < -0.39 is 11.5 Å². The van der Waals surface area contributed by atoms with Crippen LogP contribution in [0.1, 0.15) is 51.1 Å². The molecule has 2 aliphatic heterocycles. The molecule has 2 saturated heterocycles. The molecule has 7 heteroatoms. The largest absolute Gasteiger partial charge is 0.479 e. The number of aliphatic carboxylic acids is 1. The van der Waals surface area contributed by atoms with Crippen LogP contribution in [0.5, 0.6) is 0 Å². The first-order valence-corrected chi connectivity index (χ1v) is 9.22. The van der Waals surface area contributed by atoms with E-state index in [-0.39, 0.29) is 11.8 Å². The number of amides is 1. The Bertz CT molecular complexity index is 626. The van der Waals surface area contributed by atoms with Crippen LogP contribution >= 0.6 is 0 Å². The van der Waals surface area contributed by atoms with Crippen molar-refractivity contribution in [1.82, 2.24) is 19.6 Å². The van der Waals surface area contributed by atoms with Crippen molar-refractivity contribution in [2.24, 2.45) is 0 Å². The Morgan fingerprint density at radius 1 is 1.20 bits per heavy atom. The first-order valence-electron chi connectivity index (χ1n) is 9.22. The lowest BCUT2D eigenvalue weighted by Crippen LogP contribution is -2.53. The monoisotopic (exact) mass is 348 g/mol. The Labute approximate surface area is 148 Å². The van der Waals surface area contributed by atoms with Gasteiger partial charge in [0.05, 0.1) is 12.2 Å². The predicted octanol–water partition coefficient (Wildman–Crippen LogP) is 1.50. The van der Waals surface area contributed by atoms with Crippen LogP contribution in [0.4, 0.5) is 0 Å². The number of hydrogen-bond donors (Lipinski definition) is 1. The van der Waals surface area contributed by atoms with E-state index in [1.54, 1.807) is 10.9 Å². The van der Waals surface area contributed by atoms with Crippen molar-refractivity contribution in [3.05, 3.63) is 18.0 Å². The molecular weight excluding hydrogens is 320 g/mol. The number of carboxylic acids is 1. The summed E-state index contributed by atoms with van der Waals surface area (Å²) in [7, 11) is 0. The molecule has 0 saturated carbocycles. The van der Waals surface area contributed by atoms with Gasteiger partial charge in [0.2, 0.25) is 5.91 Å². The average molecular weight is 348 g/mol. The number of carbonyl (C=O) groups excluding carboxylic acids is 1. The molecular formula is C18H28N4O3. The fraction of sp³-hybridized carbons (Fsp3) is 0.722. The molecule has 1 N–H and O–H groups in total. The van der Waals surface area contributed by atoms with Crippen molar-refractivity contribution in [3.63, 3.8) is 0 Å². The van der Waals surface area contributed by atoms with E-state index in [9.17, 15) is 14.7 Å². The third kappa shape index (κ3) is 3.56. The maximum absolute atomic E-state index is 12.5. The number of carbonyl (C=O) groups is 2. The lowest BCUT2D eigenvalue weighted by molar-refractivity contribution is -0.153. The Morgan fingerprint density at radius 2 is 1.84 bits per heavy atom. The van der Waals surface area contributed by atoms with Crippen LogP contribution < -0.4 is 0 Å². The molecule has 25 heavy (non-hydrogen) atoms. The maximum Gasteiger partial charge on any atom is 0.331 e. The van der Waals surface area contributed by atoms with Crippen molar-refractivity contribution >= 4 is 11.9 Å². The molecule has 7 nitrogen and oxygen atoms in total. The summed E-state index contributed by atoms with van der Waals surface area (Å²) >= 11 is 0. The fourth-order valence-corrected chi connectivity index (χ4v) is 3.78. The molecule has 3 rings (SSSR count). The van der Waals surface area contributed by atoms with Gasteiger partial charge in [0, 0.05) is 32.1 Å². The number of carboxylic acid groups (broad SMARTS) is 1. The number of likely N-dealkylation sites (tertiary alicyclic amines) is 2. The van der Waals surface area contributed by atoms with Gasteiger partial charge in [-0.2, -0.15) is 5.10 Å². The Hall–Kier alpha value is -1.89. The van der Waals surface area contributed by atoms with Crippen LogP contribution in [0.3, 0.4) is 0 Å². The minimum absolute atomic E-state index is 0.115. The van der Waals surface area contributed by atoms with Crippen molar-refractivity contribution in [2.45, 2.75) is 51.0 Å². The molecule has 0 atom stereocenters. The van der Waals surface area contributed by atoms with Gasteiger partial charge >= 0.3 is 5.97 Å². The molecule has 0 aromatic carbocycles. The lowest BCUT2D eigenvalue weighted by atomic mass is 9.87. The Kier molecular flexibility index (Phi) is 5.13. The fourth-order valence-electron chi connectivity index (χ4n) is 3.78. The van der Waals surface area contributed by atoms with Gasteiger partial charge < -0.3 is 10.0 Å². The zero-order chi connectivity index (χ0) is 18.0. The quantitative estimate of drug-likeness (QED) is 0.872. The number of nitrogens with zero attached hydrogens (tertiary/aromatic N) is 4. The highest BCUT2D eigenvalue weighted by Gasteiger charge is 2.45. The van der Waals surface area contributed by atoms with Gasteiger partial charge in [0.1, 0.15) is 0 Å². The third-order valence-electron chi connectivity index (χ3n) is 5.54. The summed E-state index contributed by atoms with van der Waals surface area (Å²) in [6.07, 6.45) is 4.88. The van der Waals surface area contributed by atoms with Gasteiger partial charge in [-0.3, -0.25) is 14.4 Å². The van der Waals surface area contributed by atoms with E-state index in [1.807, 2.05) is 24.8 Å². The SMILES string of the molecule is CC(C)c1ccn(C2(C(=O)O)CCN(C(=O)CN3CCCC3)CC2)n1. The molecule has 0 bridgehead atoms. The standard InChI is InChI=1S/C18H28N4O3/c1-14(2)15-5-10-22(19-15)18(17(24)25)6-11-21(12-7-18)16(23)13-20-8-3-4-9-20/h5,10,14H,3-4,6-9,11-13H2,1-2H3,(H,24,25). The summed E-state index contributed by atoms with van der Waals surface area (Å²) in [5.41, 5.74) is -0.148. The second kappa shape index (κ2) is 7.15. The van der Waals surface area contributed by atoms with Crippen molar-refractivity contribution in [1.29, 1.82) is 0 Å². The molecule has 1 amide bonds. The molecule has 2 aliphatic rings. The summed E-state index contributed by atoms with van der Waals surface area (Å²) in [4.78, 5) is 28.5. The van der Waals surface area contributed by atoms with Gasteiger partial charge in [-0.1, -0.05) is 13.8 Å². The minimum atomic E-state index is -1.04. The highest BCUT2D eigenvalue weighted by Crippen LogP contribution is 2.31. The number of rotatable bonds is 5.